The van der Waals surface area contributed by atoms with Crippen molar-refractivity contribution in [3.63, 3.8) is 0 Å². The molecule has 1 aliphatic heterocycles. The molecule has 4 rings (SSSR count). The summed E-state index contributed by atoms with van der Waals surface area (Å²) in [5.74, 6) is -2.18. The standard InChI is InChI=1S/C22H27N3O5.C11H12N2O5/c1-14(2)12-25(19(26)13-30-17-7-5-4-6-8-17)20(21(27)28)16-9-10-18(15(3)11-16)24-22(23)29;12-6(3-8(14)15)5-1-2-7-10(18-4-17-7)9(5)11(13)16/h4-11,14,20H,12-13H2,1-3H3,(H,27,28)(H3,23,24,29);1-2,6H,3-4,12H2,(H2,13,16)(H,14,15). The number of benzene rings is 3. The lowest BCUT2D eigenvalue weighted by atomic mass is 9.97. The average molecular weight is 666 g/mol. The van der Waals surface area contributed by atoms with E-state index in [-0.39, 0.29) is 43.6 Å². The van der Waals surface area contributed by atoms with Gasteiger partial charge in [0.1, 0.15) is 5.75 Å². The molecule has 48 heavy (non-hydrogen) atoms. The average Bonchev–Trinajstić information content (AvgIpc) is 3.49. The number of aryl methyl sites for hydroxylation is 1. The maximum atomic E-state index is 12.9. The predicted octanol–water partition coefficient (Wildman–Crippen LogP) is 3.16. The molecule has 0 radical (unpaired) electrons. The zero-order valence-corrected chi connectivity index (χ0v) is 26.7. The second-order valence-corrected chi connectivity index (χ2v) is 11.2. The fourth-order valence-corrected chi connectivity index (χ4v) is 4.92. The van der Waals surface area contributed by atoms with Gasteiger partial charge in [0.15, 0.2) is 24.1 Å². The number of nitrogens with zero attached hydrogens (tertiary/aromatic N) is 1. The van der Waals surface area contributed by atoms with Gasteiger partial charge in [-0.1, -0.05) is 50.2 Å². The summed E-state index contributed by atoms with van der Waals surface area (Å²) < 4.78 is 15.8. The molecule has 9 N–H and O–H groups in total. The first kappa shape index (κ1) is 36.6. The van der Waals surface area contributed by atoms with Crippen LogP contribution in [0.5, 0.6) is 17.2 Å². The normalized spacial score (nSPS) is 12.6. The van der Waals surface area contributed by atoms with E-state index in [4.69, 9.17) is 36.5 Å². The van der Waals surface area contributed by atoms with Crippen molar-refractivity contribution in [2.24, 2.45) is 23.1 Å². The molecule has 3 aromatic rings. The van der Waals surface area contributed by atoms with Gasteiger partial charge in [0.25, 0.3) is 11.8 Å². The van der Waals surface area contributed by atoms with Crippen LogP contribution in [-0.2, 0) is 14.4 Å². The molecule has 0 spiro atoms. The molecule has 1 heterocycles. The van der Waals surface area contributed by atoms with Gasteiger partial charge in [0, 0.05) is 18.3 Å². The first-order valence-corrected chi connectivity index (χ1v) is 14.8. The molecular weight excluding hydrogens is 626 g/mol. The first-order chi connectivity index (χ1) is 22.7. The summed E-state index contributed by atoms with van der Waals surface area (Å²) in [6, 6.07) is 14.0. The predicted molar refractivity (Wildman–Crippen MR) is 174 cm³/mol. The number of carboxylic acid groups (broad SMARTS) is 2. The highest BCUT2D eigenvalue weighted by molar-refractivity contribution is 5.98. The highest BCUT2D eigenvalue weighted by Crippen LogP contribution is 2.39. The van der Waals surface area contributed by atoms with Gasteiger partial charge >= 0.3 is 18.0 Å². The molecule has 15 heteroatoms. The van der Waals surface area contributed by atoms with E-state index in [1.165, 1.54) is 11.0 Å². The number of rotatable bonds is 13. The van der Waals surface area contributed by atoms with Gasteiger partial charge in [-0.25, -0.2) is 9.59 Å². The molecule has 0 fully saturated rings. The van der Waals surface area contributed by atoms with Crippen molar-refractivity contribution >= 4 is 35.5 Å². The molecule has 0 bridgehead atoms. The minimum Gasteiger partial charge on any atom is -0.484 e. The Morgan fingerprint density at radius 3 is 2.23 bits per heavy atom. The molecule has 2 atom stereocenters. The number of nitrogens with one attached hydrogen (secondary N) is 1. The summed E-state index contributed by atoms with van der Waals surface area (Å²) in [5.41, 5.74) is 18.1. The van der Waals surface area contributed by atoms with Gasteiger partial charge in [-0.15, -0.1) is 0 Å². The van der Waals surface area contributed by atoms with E-state index < -0.39 is 41.9 Å². The minimum absolute atomic E-state index is 0.00671. The van der Waals surface area contributed by atoms with Crippen LogP contribution in [0.3, 0.4) is 0 Å². The molecule has 2 unspecified atom stereocenters. The molecular formula is C33H39N5O10. The highest BCUT2D eigenvalue weighted by atomic mass is 16.7. The third-order valence-corrected chi connectivity index (χ3v) is 6.97. The van der Waals surface area contributed by atoms with E-state index >= 15 is 0 Å². The summed E-state index contributed by atoms with van der Waals surface area (Å²) in [6.45, 7) is 5.49. The van der Waals surface area contributed by atoms with Gasteiger partial charge in [-0.3, -0.25) is 14.4 Å². The summed E-state index contributed by atoms with van der Waals surface area (Å²) in [6.07, 6.45) is -0.306. The lowest BCUT2D eigenvalue weighted by Gasteiger charge is -2.31. The van der Waals surface area contributed by atoms with E-state index in [9.17, 15) is 29.1 Å². The summed E-state index contributed by atoms with van der Waals surface area (Å²) >= 11 is 0. The number of aliphatic carboxylic acids is 2. The zero-order chi connectivity index (χ0) is 35.5. The number of carboxylic acids is 2. The number of hydrogen-bond donors (Lipinski definition) is 6. The van der Waals surface area contributed by atoms with Crippen molar-refractivity contribution in [3.8, 4) is 17.2 Å². The lowest BCUT2D eigenvalue weighted by Crippen LogP contribution is -2.43. The van der Waals surface area contributed by atoms with Gasteiger partial charge in [0.2, 0.25) is 6.79 Å². The number of para-hydroxylation sites is 1. The Morgan fingerprint density at radius 1 is 0.979 bits per heavy atom. The van der Waals surface area contributed by atoms with Gasteiger partial charge < -0.3 is 51.8 Å². The second-order valence-electron chi connectivity index (χ2n) is 11.2. The molecule has 15 nitrogen and oxygen atoms in total. The third-order valence-electron chi connectivity index (χ3n) is 6.97. The van der Waals surface area contributed by atoms with Gasteiger partial charge in [-0.2, -0.15) is 0 Å². The van der Waals surface area contributed by atoms with E-state index in [0.717, 1.165) is 0 Å². The quantitative estimate of drug-likeness (QED) is 0.155. The van der Waals surface area contributed by atoms with Crippen LogP contribution in [0.25, 0.3) is 0 Å². The molecule has 3 aromatic carbocycles. The fourth-order valence-electron chi connectivity index (χ4n) is 4.92. The Morgan fingerprint density at radius 2 is 1.67 bits per heavy atom. The number of amides is 4. The van der Waals surface area contributed by atoms with Crippen LogP contribution < -0.4 is 36.7 Å². The van der Waals surface area contributed by atoms with E-state index in [1.54, 1.807) is 55.5 Å². The largest absolute Gasteiger partial charge is 0.484 e. The van der Waals surface area contributed by atoms with Crippen molar-refractivity contribution in [1.82, 2.24) is 4.90 Å². The Labute approximate surface area is 276 Å². The molecule has 4 amide bonds. The van der Waals surface area contributed by atoms with Crippen molar-refractivity contribution in [2.45, 2.75) is 39.3 Å². The van der Waals surface area contributed by atoms with Crippen molar-refractivity contribution in [3.05, 3.63) is 82.9 Å². The molecule has 256 valence electrons. The summed E-state index contributed by atoms with van der Waals surface area (Å²) in [4.78, 5) is 59.6. The van der Waals surface area contributed by atoms with Crippen LogP contribution in [0.1, 0.15) is 59.4 Å². The maximum Gasteiger partial charge on any atom is 0.331 e. The summed E-state index contributed by atoms with van der Waals surface area (Å²) in [7, 11) is 0. The number of primary amides is 2. The maximum absolute atomic E-state index is 12.9. The number of carbonyl (C=O) groups is 5. The SMILES string of the molecule is Cc1cc(C(C(=O)O)N(CC(C)C)C(=O)COc2ccccc2)ccc1NC(N)=O.NC(=O)c1c(C(N)CC(=O)O)ccc2c1OCO2. The van der Waals surface area contributed by atoms with Crippen LogP contribution in [0, 0.1) is 12.8 Å². The van der Waals surface area contributed by atoms with Gasteiger partial charge in [0.05, 0.1) is 12.0 Å². The number of urea groups is 1. The molecule has 0 saturated carbocycles. The number of nitrogens with two attached hydrogens (primary N) is 3. The topological polar surface area (TPSA) is 247 Å². The lowest BCUT2D eigenvalue weighted by molar-refractivity contribution is -0.152. The Kier molecular flexibility index (Phi) is 12.7. The Bertz CT molecular complexity index is 1650. The van der Waals surface area contributed by atoms with Crippen LogP contribution >= 0.6 is 0 Å². The number of carbonyl (C=O) groups excluding carboxylic acids is 3. The van der Waals surface area contributed by atoms with Crippen molar-refractivity contribution < 1.29 is 48.4 Å². The molecule has 0 aromatic heterocycles. The van der Waals surface area contributed by atoms with Crippen molar-refractivity contribution in [1.29, 1.82) is 0 Å². The molecule has 1 aliphatic rings. The number of fused-ring (bicyclic) bond motifs is 1. The fraction of sp³-hybridized carbons (Fsp3) is 0.303. The Balaban J connectivity index is 0.000000294. The van der Waals surface area contributed by atoms with Crippen LogP contribution in [0.15, 0.2) is 60.7 Å². The minimum atomic E-state index is -1.19. The monoisotopic (exact) mass is 665 g/mol. The second kappa shape index (κ2) is 16.6. The number of anilines is 1. The van der Waals surface area contributed by atoms with E-state index in [2.05, 4.69) is 5.32 Å². The summed E-state index contributed by atoms with van der Waals surface area (Å²) in [5, 5.41) is 21.1. The first-order valence-electron chi connectivity index (χ1n) is 14.8. The third kappa shape index (κ3) is 9.83. The number of hydrogen-bond acceptors (Lipinski definition) is 9. The highest BCUT2D eigenvalue weighted by Gasteiger charge is 2.32. The zero-order valence-electron chi connectivity index (χ0n) is 26.7. The van der Waals surface area contributed by atoms with Crippen LogP contribution in [0.2, 0.25) is 0 Å². The van der Waals surface area contributed by atoms with Gasteiger partial charge in [-0.05, 0) is 53.8 Å². The van der Waals surface area contributed by atoms with Crippen molar-refractivity contribution in [2.75, 3.05) is 25.3 Å². The number of ether oxygens (including phenoxy) is 3. The van der Waals surface area contributed by atoms with Crippen LogP contribution in [0.4, 0.5) is 10.5 Å². The smallest absolute Gasteiger partial charge is 0.331 e. The van der Waals surface area contributed by atoms with E-state index in [0.29, 0.717) is 33.9 Å². The van der Waals surface area contributed by atoms with E-state index in [1.807, 2.05) is 19.9 Å². The molecule has 0 saturated heterocycles. The van der Waals surface area contributed by atoms with Crippen LogP contribution in [-0.4, -0.2) is 64.8 Å². The Hall–Kier alpha value is -5.83. The molecule has 0 aliphatic carbocycles.